The van der Waals surface area contributed by atoms with E-state index in [1.165, 1.54) is 11.3 Å². The summed E-state index contributed by atoms with van der Waals surface area (Å²) in [4.78, 5) is 12.8. The van der Waals surface area contributed by atoms with Crippen LogP contribution in [0.15, 0.2) is 17.5 Å². The van der Waals surface area contributed by atoms with Gasteiger partial charge in [-0.2, -0.15) is 0 Å². The lowest BCUT2D eigenvalue weighted by Crippen LogP contribution is -2.54. The molecule has 0 amide bonds. The minimum absolute atomic E-state index is 0.547. The van der Waals surface area contributed by atoms with Gasteiger partial charge in [-0.1, -0.05) is 32.3 Å². The molecule has 4 heteroatoms. The van der Waals surface area contributed by atoms with Crippen LogP contribution in [0.4, 0.5) is 0 Å². The Hall–Kier alpha value is -0.870. The van der Waals surface area contributed by atoms with Gasteiger partial charge in [-0.25, -0.2) is 0 Å². The second kappa shape index (κ2) is 5.85. The predicted molar refractivity (Wildman–Crippen MR) is 73.8 cm³/mol. The molecule has 0 radical (unpaired) electrons. The second-order valence-corrected chi connectivity index (χ2v) is 6.22. The maximum Gasteiger partial charge on any atom is 0.323 e. The Kier molecular flexibility index (Phi) is 4.40. The molecule has 0 spiro atoms. The Balaban J connectivity index is 2.04. The molecular formula is C14H21NO2S. The van der Waals surface area contributed by atoms with Gasteiger partial charge in [0.05, 0.1) is 0 Å². The molecule has 2 N–H and O–H groups in total. The van der Waals surface area contributed by atoms with Crippen LogP contribution in [0.1, 0.15) is 43.9 Å². The molecule has 1 aromatic heterocycles. The standard InChI is InChI=1S/C14H21NO2S/c1-2-11-5-3-7-14(9-11,13(16)17)15-10-12-6-4-8-18-12/h4,6,8,11,15H,2-3,5,7,9-10H2,1H3,(H,16,17). The first-order valence-corrected chi connectivity index (χ1v) is 7.55. The van der Waals surface area contributed by atoms with Gasteiger partial charge in [0.1, 0.15) is 5.54 Å². The van der Waals surface area contributed by atoms with E-state index < -0.39 is 11.5 Å². The molecule has 1 aliphatic carbocycles. The fraction of sp³-hybridized carbons (Fsp3) is 0.643. The molecule has 0 bridgehead atoms. The third-order valence-electron chi connectivity index (χ3n) is 4.02. The summed E-state index contributed by atoms with van der Waals surface area (Å²) >= 11 is 1.67. The number of hydrogen-bond acceptors (Lipinski definition) is 3. The Morgan fingerprint density at radius 2 is 2.50 bits per heavy atom. The lowest BCUT2D eigenvalue weighted by Gasteiger charge is -2.38. The van der Waals surface area contributed by atoms with E-state index in [1.807, 2.05) is 17.5 Å². The summed E-state index contributed by atoms with van der Waals surface area (Å²) in [5.41, 5.74) is -0.705. The highest BCUT2D eigenvalue weighted by molar-refractivity contribution is 7.09. The van der Waals surface area contributed by atoms with Crippen LogP contribution in [-0.4, -0.2) is 16.6 Å². The molecule has 1 aromatic rings. The minimum atomic E-state index is -0.705. The summed E-state index contributed by atoms with van der Waals surface area (Å²) in [5, 5.41) is 14.9. The summed E-state index contributed by atoms with van der Waals surface area (Å²) in [6, 6.07) is 4.05. The van der Waals surface area contributed by atoms with Crippen LogP contribution in [0, 0.1) is 5.92 Å². The zero-order valence-electron chi connectivity index (χ0n) is 10.8. The zero-order valence-corrected chi connectivity index (χ0v) is 11.6. The SMILES string of the molecule is CCC1CCCC(NCc2cccs2)(C(=O)O)C1. The normalized spacial score (nSPS) is 28.2. The van der Waals surface area contributed by atoms with Crippen LogP contribution in [0.3, 0.4) is 0 Å². The number of nitrogens with one attached hydrogen (secondary N) is 1. The van der Waals surface area contributed by atoms with Crippen LogP contribution in [0.25, 0.3) is 0 Å². The van der Waals surface area contributed by atoms with Gasteiger partial charge in [0.25, 0.3) is 0 Å². The van der Waals surface area contributed by atoms with Gasteiger partial charge < -0.3 is 5.11 Å². The second-order valence-electron chi connectivity index (χ2n) is 5.19. The van der Waals surface area contributed by atoms with Crippen molar-refractivity contribution in [2.45, 2.75) is 51.1 Å². The number of carboxylic acids is 1. The molecule has 3 nitrogen and oxygen atoms in total. The van der Waals surface area contributed by atoms with Crippen LogP contribution in [-0.2, 0) is 11.3 Å². The van der Waals surface area contributed by atoms with E-state index in [9.17, 15) is 9.90 Å². The van der Waals surface area contributed by atoms with E-state index in [2.05, 4.69) is 12.2 Å². The molecular weight excluding hydrogens is 246 g/mol. The van der Waals surface area contributed by atoms with Gasteiger partial charge in [-0.15, -0.1) is 11.3 Å². The highest BCUT2D eigenvalue weighted by Crippen LogP contribution is 2.34. The molecule has 2 unspecified atom stereocenters. The van der Waals surface area contributed by atoms with Crippen molar-refractivity contribution in [3.63, 3.8) is 0 Å². The lowest BCUT2D eigenvalue weighted by molar-refractivity contribution is -0.147. The monoisotopic (exact) mass is 267 g/mol. The Morgan fingerprint density at radius 1 is 1.67 bits per heavy atom. The first-order valence-electron chi connectivity index (χ1n) is 6.67. The smallest absolute Gasteiger partial charge is 0.323 e. The van der Waals surface area contributed by atoms with Crippen LogP contribution in [0.2, 0.25) is 0 Å². The predicted octanol–water partition coefficient (Wildman–Crippen LogP) is 3.26. The maximum absolute atomic E-state index is 11.6. The summed E-state index contributed by atoms with van der Waals surface area (Å²) in [6.07, 6.45) is 4.79. The Bertz CT molecular complexity index is 391. The van der Waals surface area contributed by atoms with Crippen molar-refractivity contribution in [3.05, 3.63) is 22.4 Å². The van der Waals surface area contributed by atoms with E-state index in [4.69, 9.17) is 0 Å². The molecule has 1 aliphatic rings. The van der Waals surface area contributed by atoms with Crippen LogP contribution < -0.4 is 5.32 Å². The highest BCUT2D eigenvalue weighted by Gasteiger charge is 2.42. The molecule has 2 rings (SSSR count). The number of aliphatic carboxylic acids is 1. The number of rotatable bonds is 5. The van der Waals surface area contributed by atoms with Crippen molar-refractivity contribution in [1.82, 2.24) is 5.32 Å². The minimum Gasteiger partial charge on any atom is -0.480 e. The third kappa shape index (κ3) is 2.93. The maximum atomic E-state index is 11.6. The van der Waals surface area contributed by atoms with Gasteiger partial charge in [0.2, 0.25) is 0 Å². The third-order valence-corrected chi connectivity index (χ3v) is 4.90. The first kappa shape index (κ1) is 13.6. The van der Waals surface area contributed by atoms with Crippen molar-refractivity contribution in [2.75, 3.05) is 0 Å². The summed E-state index contributed by atoms with van der Waals surface area (Å²) in [6.45, 7) is 2.82. The average molecular weight is 267 g/mol. The summed E-state index contributed by atoms with van der Waals surface area (Å²) in [5.74, 6) is -0.136. The fourth-order valence-corrected chi connectivity index (χ4v) is 3.48. The largest absolute Gasteiger partial charge is 0.480 e. The topological polar surface area (TPSA) is 49.3 Å². The van der Waals surface area contributed by atoms with Crippen molar-refractivity contribution in [2.24, 2.45) is 5.92 Å². The first-order chi connectivity index (χ1) is 8.66. The quantitative estimate of drug-likeness (QED) is 0.861. The summed E-state index contributed by atoms with van der Waals surface area (Å²) < 4.78 is 0. The van der Waals surface area contributed by atoms with Crippen LogP contribution >= 0.6 is 11.3 Å². The number of thiophene rings is 1. The number of carboxylic acid groups (broad SMARTS) is 1. The molecule has 1 fully saturated rings. The fourth-order valence-electron chi connectivity index (χ4n) is 2.84. The van der Waals surface area contributed by atoms with E-state index in [-0.39, 0.29) is 0 Å². The van der Waals surface area contributed by atoms with E-state index >= 15 is 0 Å². The van der Waals surface area contributed by atoms with E-state index in [0.29, 0.717) is 12.5 Å². The molecule has 2 atom stereocenters. The molecule has 1 saturated carbocycles. The molecule has 0 aromatic carbocycles. The molecule has 100 valence electrons. The lowest BCUT2D eigenvalue weighted by atomic mass is 9.74. The average Bonchev–Trinajstić information content (AvgIpc) is 2.89. The number of carbonyl (C=O) groups is 1. The Labute approximate surface area is 112 Å². The molecule has 1 heterocycles. The zero-order chi connectivity index (χ0) is 13.0. The van der Waals surface area contributed by atoms with Crippen LogP contribution in [0.5, 0.6) is 0 Å². The number of hydrogen-bond donors (Lipinski definition) is 2. The van der Waals surface area contributed by atoms with Crippen molar-refractivity contribution in [1.29, 1.82) is 0 Å². The van der Waals surface area contributed by atoms with Gasteiger partial charge >= 0.3 is 5.97 Å². The van der Waals surface area contributed by atoms with Crippen molar-refractivity contribution in [3.8, 4) is 0 Å². The van der Waals surface area contributed by atoms with Crippen molar-refractivity contribution >= 4 is 17.3 Å². The molecule has 18 heavy (non-hydrogen) atoms. The van der Waals surface area contributed by atoms with Gasteiger partial charge in [-0.05, 0) is 30.2 Å². The van der Waals surface area contributed by atoms with E-state index in [0.717, 1.165) is 25.7 Å². The Morgan fingerprint density at radius 3 is 3.11 bits per heavy atom. The van der Waals surface area contributed by atoms with Crippen molar-refractivity contribution < 1.29 is 9.90 Å². The van der Waals surface area contributed by atoms with Gasteiger partial charge in [0.15, 0.2) is 0 Å². The van der Waals surface area contributed by atoms with E-state index in [1.54, 1.807) is 11.3 Å². The molecule has 0 saturated heterocycles. The van der Waals surface area contributed by atoms with Gasteiger partial charge in [-0.3, -0.25) is 10.1 Å². The summed E-state index contributed by atoms with van der Waals surface area (Å²) in [7, 11) is 0. The molecule has 0 aliphatic heterocycles. The van der Waals surface area contributed by atoms with Gasteiger partial charge in [0, 0.05) is 11.4 Å². The highest BCUT2D eigenvalue weighted by atomic mass is 32.1.